The van der Waals surface area contributed by atoms with E-state index in [-0.39, 0.29) is 11.8 Å². The van der Waals surface area contributed by atoms with Crippen molar-refractivity contribution in [1.29, 1.82) is 5.26 Å². The molecule has 0 aliphatic carbocycles. The van der Waals surface area contributed by atoms with Crippen molar-refractivity contribution in [2.75, 3.05) is 44.1 Å². The highest BCUT2D eigenvalue weighted by molar-refractivity contribution is 5.92. The van der Waals surface area contributed by atoms with Gasteiger partial charge < -0.3 is 20.9 Å². The molecule has 39 heavy (non-hydrogen) atoms. The maximum Gasteiger partial charge on any atom is 0.246 e. The lowest BCUT2D eigenvalue weighted by molar-refractivity contribution is -0.135. The minimum Gasteiger partial charge on any atom is -0.354 e. The van der Waals surface area contributed by atoms with E-state index in [1.54, 1.807) is 62.6 Å². The molecule has 1 aromatic heterocycles. The summed E-state index contributed by atoms with van der Waals surface area (Å²) in [5, 5.41) is 19.7. The Morgan fingerprint density at radius 3 is 2.79 bits per heavy atom. The Labute approximate surface area is 229 Å². The summed E-state index contributed by atoms with van der Waals surface area (Å²) in [5.41, 5.74) is 5.20. The molecule has 0 saturated carbocycles. The Morgan fingerprint density at radius 1 is 1.31 bits per heavy atom. The van der Waals surface area contributed by atoms with Gasteiger partial charge in [0.05, 0.1) is 23.4 Å². The molecule has 1 aliphatic rings. The highest BCUT2D eigenvalue weighted by Crippen LogP contribution is 2.21. The predicted octanol–water partition coefficient (Wildman–Crippen LogP) is 1.80. The smallest absolute Gasteiger partial charge is 0.246 e. The van der Waals surface area contributed by atoms with Crippen molar-refractivity contribution in [3.63, 3.8) is 0 Å². The van der Waals surface area contributed by atoms with Gasteiger partial charge in [-0.2, -0.15) is 10.2 Å². The fraction of sp³-hybridized carbons (Fsp3) is 0.321. The van der Waals surface area contributed by atoms with E-state index in [4.69, 9.17) is 5.26 Å². The number of hydrazine groups is 1. The minimum absolute atomic E-state index is 0.214. The first-order valence-corrected chi connectivity index (χ1v) is 12.6. The van der Waals surface area contributed by atoms with Crippen LogP contribution in [0.3, 0.4) is 0 Å². The zero-order valence-corrected chi connectivity index (χ0v) is 22.4. The van der Waals surface area contributed by atoms with E-state index in [9.17, 15) is 9.59 Å². The number of rotatable bonds is 11. The molecule has 0 unspecified atom stereocenters. The first-order valence-electron chi connectivity index (χ1n) is 12.6. The largest absolute Gasteiger partial charge is 0.354 e. The number of likely N-dealkylation sites (N-methyl/N-ethyl adjacent to an activating group) is 2. The normalized spacial score (nSPS) is 12.9. The van der Waals surface area contributed by atoms with Crippen molar-refractivity contribution in [1.82, 2.24) is 30.9 Å². The highest BCUT2D eigenvalue weighted by Gasteiger charge is 2.20. The van der Waals surface area contributed by atoms with Gasteiger partial charge in [0, 0.05) is 51.1 Å². The molecule has 2 aromatic rings. The number of carbonyl (C=O) groups excluding carboxylic acids is 2. The second-order valence-electron chi connectivity index (χ2n) is 8.64. The summed E-state index contributed by atoms with van der Waals surface area (Å²) in [7, 11) is 3.40. The molecule has 0 spiro atoms. The third kappa shape index (κ3) is 8.68. The van der Waals surface area contributed by atoms with E-state index < -0.39 is 6.04 Å². The van der Waals surface area contributed by atoms with E-state index in [1.165, 1.54) is 11.0 Å². The molecule has 0 radical (unpaired) electrons. The molecule has 1 aliphatic heterocycles. The van der Waals surface area contributed by atoms with Gasteiger partial charge in [0.1, 0.15) is 6.04 Å². The van der Waals surface area contributed by atoms with E-state index in [0.29, 0.717) is 55.4 Å². The predicted molar refractivity (Wildman–Crippen MR) is 151 cm³/mol. The lowest BCUT2D eigenvalue weighted by atomic mass is 10.2. The van der Waals surface area contributed by atoms with E-state index in [2.05, 4.69) is 49.3 Å². The van der Waals surface area contributed by atoms with Crippen LogP contribution in [-0.2, 0) is 9.59 Å². The highest BCUT2D eigenvalue weighted by atomic mass is 16.2. The molecule has 4 N–H and O–H groups in total. The fourth-order valence-corrected chi connectivity index (χ4v) is 3.43. The third-order valence-electron chi connectivity index (χ3n) is 5.79. The van der Waals surface area contributed by atoms with Crippen LogP contribution in [0.5, 0.6) is 0 Å². The number of nitriles is 1. The average Bonchev–Trinajstić information content (AvgIpc) is 3.50. The Bertz CT molecular complexity index is 1300. The van der Waals surface area contributed by atoms with Crippen molar-refractivity contribution in [3.8, 4) is 17.9 Å². The lowest BCUT2D eigenvalue weighted by Gasteiger charge is -2.22. The molecule has 2 amide bonds. The molecule has 1 aromatic carbocycles. The first kappa shape index (κ1) is 28.9. The Morgan fingerprint density at radius 2 is 2.10 bits per heavy atom. The minimum atomic E-state index is -0.583. The van der Waals surface area contributed by atoms with Crippen LogP contribution in [0.4, 0.5) is 17.5 Å². The van der Waals surface area contributed by atoms with Gasteiger partial charge in [-0.3, -0.25) is 14.6 Å². The van der Waals surface area contributed by atoms with Gasteiger partial charge in [-0.15, -0.1) is 0 Å². The molecule has 0 bridgehead atoms. The van der Waals surface area contributed by atoms with Gasteiger partial charge in [-0.05, 0) is 44.7 Å². The molecule has 3 rings (SSSR count). The number of hydrogen-bond donors (Lipinski definition) is 4. The molecule has 11 heteroatoms. The summed E-state index contributed by atoms with van der Waals surface area (Å²) in [5.74, 6) is 6.84. The molecule has 1 atom stereocenters. The number of amides is 2. The molecule has 202 valence electrons. The fourth-order valence-electron chi connectivity index (χ4n) is 3.43. The molecular weight excluding hydrogens is 494 g/mol. The zero-order chi connectivity index (χ0) is 28.0. The van der Waals surface area contributed by atoms with E-state index in [0.717, 1.165) is 5.69 Å². The number of anilines is 3. The van der Waals surface area contributed by atoms with Crippen LogP contribution in [0.15, 0.2) is 54.9 Å². The number of benzene rings is 1. The van der Waals surface area contributed by atoms with Gasteiger partial charge in [0.2, 0.25) is 17.8 Å². The van der Waals surface area contributed by atoms with Crippen LogP contribution in [-0.4, -0.2) is 66.5 Å². The van der Waals surface area contributed by atoms with Crippen molar-refractivity contribution >= 4 is 29.3 Å². The Hall–Kier alpha value is -4.71. The van der Waals surface area contributed by atoms with E-state index >= 15 is 0 Å². The maximum absolute atomic E-state index is 12.4. The van der Waals surface area contributed by atoms with Crippen molar-refractivity contribution in [3.05, 3.63) is 66.0 Å². The SMILES string of the molecule is CNC/C=C/C(=O)N(C)[C@@H](C)C(=O)NCCCC#Cc1cnc(Nc2ccc(C#N)cc2)nc1N1C=CCN1. The molecule has 0 saturated heterocycles. The summed E-state index contributed by atoms with van der Waals surface area (Å²) in [6, 6.07) is 8.54. The lowest BCUT2D eigenvalue weighted by Crippen LogP contribution is -2.45. The van der Waals surface area contributed by atoms with E-state index in [1.807, 2.05) is 12.3 Å². The van der Waals surface area contributed by atoms with Crippen LogP contribution in [0.1, 0.15) is 30.9 Å². The Balaban J connectivity index is 1.54. The number of carbonyl (C=O) groups is 2. The molecule has 0 fully saturated rings. The van der Waals surface area contributed by atoms with Gasteiger partial charge in [0.25, 0.3) is 0 Å². The van der Waals surface area contributed by atoms with Crippen molar-refractivity contribution in [2.24, 2.45) is 0 Å². The first-order chi connectivity index (χ1) is 18.9. The average molecular weight is 528 g/mol. The van der Waals surface area contributed by atoms with Crippen molar-refractivity contribution < 1.29 is 9.59 Å². The molecule has 11 nitrogen and oxygen atoms in total. The summed E-state index contributed by atoms with van der Waals surface area (Å²) >= 11 is 0. The quantitative estimate of drug-likeness (QED) is 0.196. The van der Waals surface area contributed by atoms with Crippen LogP contribution >= 0.6 is 0 Å². The monoisotopic (exact) mass is 527 g/mol. The topological polar surface area (TPSA) is 138 Å². The summed E-state index contributed by atoms with van der Waals surface area (Å²) in [6.07, 6.45) is 9.90. The number of nitrogens with one attached hydrogen (secondary N) is 4. The second kappa shape index (κ2) is 14.9. The van der Waals surface area contributed by atoms with Gasteiger partial charge in [-0.25, -0.2) is 10.4 Å². The maximum atomic E-state index is 12.4. The van der Waals surface area contributed by atoms with Gasteiger partial charge >= 0.3 is 0 Å². The zero-order valence-electron chi connectivity index (χ0n) is 22.4. The molecular formula is C28H33N9O2. The van der Waals surface area contributed by atoms with Crippen LogP contribution in [0, 0.1) is 23.2 Å². The number of aromatic nitrogens is 2. The third-order valence-corrected chi connectivity index (χ3v) is 5.79. The summed E-state index contributed by atoms with van der Waals surface area (Å²) < 4.78 is 0. The van der Waals surface area contributed by atoms with Crippen LogP contribution in [0.25, 0.3) is 0 Å². The summed E-state index contributed by atoms with van der Waals surface area (Å²) in [4.78, 5) is 35.0. The number of hydrogen-bond acceptors (Lipinski definition) is 9. The van der Waals surface area contributed by atoms with Crippen LogP contribution in [0.2, 0.25) is 0 Å². The summed E-state index contributed by atoms with van der Waals surface area (Å²) in [6.45, 7) is 3.41. The van der Waals surface area contributed by atoms with Crippen LogP contribution < -0.4 is 26.4 Å². The standard InChI is InChI=1S/C28H33N9O2/c1-21(36(3)25(38)10-7-15-30-2)27(39)31-16-6-4-5-9-23-20-32-28(35-26(23)37-18-8-17-33-37)34-24-13-11-22(19-29)12-14-24/h7-8,10-14,18,20-21,30,33H,4,6,15-17H2,1-3H3,(H,31,39)(H,32,34,35)/b10-7+/t21-/m0/s1. The van der Waals surface area contributed by atoms with Gasteiger partial charge in [0.15, 0.2) is 5.82 Å². The number of unbranched alkanes of at least 4 members (excludes halogenated alkanes) is 1. The second-order valence-corrected chi connectivity index (χ2v) is 8.64. The number of nitrogens with zero attached hydrogens (tertiary/aromatic N) is 5. The molecule has 2 heterocycles. The Kier molecular flexibility index (Phi) is 11.0. The van der Waals surface area contributed by atoms with Gasteiger partial charge in [-0.1, -0.05) is 24.0 Å². The van der Waals surface area contributed by atoms with Crippen molar-refractivity contribution in [2.45, 2.75) is 25.8 Å².